The smallest absolute Gasteiger partial charge is 1.00 e. The van der Waals surface area contributed by atoms with Crippen molar-refractivity contribution in [3.05, 3.63) is 30.3 Å². The SMILES string of the molecule is CCCCCCCCCCC(CCCCCCCC)CS(=O)(=O)Oc1ccccc1.[H-].[Na+]. The summed E-state index contributed by atoms with van der Waals surface area (Å²) in [6.07, 6.45) is 19.8. The number of unbranched alkanes of at least 4 members (excludes halogenated alkanes) is 12. The molecule has 0 heterocycles. The van der Waals surface area contributed by atoms with E-state index in [2.05, 4.69) is 13.8 Å². The van der Waals surface area contributed by atoms with E-state index in [1.54, 1.807) is 24.3 Å². The second-order valence-corrected chi connectivity index (χ2v) is 10.4. The van der Waals surface area contributed by atoms with Crippen molar-refractivity contribution < 1.29 is 43.6 Å². The number of hydrogen-bond acceptors (Lipinski definition) is 3. The van der Waals surface area contributed by atoms with E-state index in [4.69, 9.17) is 4.18 Å². The number of para-hydroxylation sites is 1. The van der Waals surface area contributed by atoms with E-state index in [9.17, 15) is 8.42 Å². The average molecular weight is 463 g/mol. The molecule has 3 nitrogen and oxygen atoms in total. The zero-order chi connectivity index (χ0) is 21.9. The summed E-state index contributed by atoms with van der Waals surface area (Å²) in [5.41, 5.74) is 0. The van der Waals surface area contributed by atoms with Crippen molar-refractivity contribution in [1.82, 2.24) is 0 Å². The molecule has 0 saturated carbocycles. The first-order valence-electron chi connectivity index (χ1n) is 12.5. The van der Waals surface area contributed by atoms with Crippen LogP contribution in [0.5, 0.6) is 5.75 Å². The maximum Gasteiger partial charge on any atom is 1.00 e. The van der Waals surface area contributed by atoms with E-state index in [0.29, 0.717) is 5.75 Å². The summed E-state index contributed by atoms with van der Waals surface area (Å²) in [5, 5.41) is 0. The fraction of sp³-hybridized carbons (Fsp3) is 0.769. The molecule has 0 aliphatic carbocycles. The third-order valence-corrected chi connectivity index (χ3v) is 7.16. The van der Waals surface area contributed by atoms with Crippen LogP contribution in [0.2, 0.25) is 0 Å². The summed E-state index contributed by atoms with van der Waals surface area (Å²) in [6.45, 7) is 4.48. The van der Waals surface area contributed by atoms with Crippen molar-refractivity contribution in [1.29, 1.82) is 0 Å². The molecule has 0 fully saturated rings. The molecule has 0 N–H and O–H groups in total. The number of hydrogen-bond donors (Lipinski definition) is 0. The minimum absolute atomic E-state index is 0. The van der Waals surface area contributed by atoms with Gasteiger partial charge in [0.05, 0.1) is 5.75 Å². The molecule has 0 aliphatic heterocycles. The van der Waals surface area contributed by atoms with Crippen LogP contribution in [0.3, 0.4) is 0 Å². The minimum atomic E-state index is -3.54. The summed E-state index contributed by atoms with van der Waals surface area (Å²) in [5.74, 6) is 0.778. The van der Waals surface area contributed by atoms with E-state index in [1.165, 1.54) is 77.0 Å². The predicted molar refractivity (Wildman–Crippen MR) is 131 cm³/mol. The van der Waals surface area contributed by atoms with Gasteiger partial charge >= 0.3 is 39.7 Å². The van der Waals surface area contributed by atoms with Crippen LogP contribution in [0, 0.1) is 5.92 Å². The summed E-state index contributed by atoms with van der Waals surface area (Å²) >= 11 is 0. The van der Waals surface area contributed by atoms with Gasteiger partial charge < -0.3 is 5.61 Å². The Morgan fingerprint density at radius 1 is 0.710 bits per heavy atom. The van der Waals surface area contributed by atoms with E-state index >= 15 is 0 Å². The third-order valence-electron chi connectivity index (χ3n) is 5.84. The molecule has 0 aromatic heterocycles. The second-order valence-electron chi connectivity index (χ2n) is 8.81. The molecule has 1 aromatic carbocycles. The van der Waals surface area contributed by atoms with Gasteiger partial charge in [-0.1, -0.05) is 122 Å². The Labute approximate surface area is 217 Å². The van der Waals surface area contributed by atoms with Gasteiger partial charge in [-0.3, -0.25) is 0 Å². The Morgan fingerprint density at radius 2 is 1.13 bits per heavy atom. The van der Waals surface area contributed by atoms with E-state index in [1.807, 2.05) is 6.07 Å². The van der Waals surface area contributed by atoms with Crippen LogP contribution in [-0.4, -0.2) is 14.2 Å². The van der Waals surface area contributed by atoms with E-state index in [0.717, 1.165) is 25.7 Å². The van der Waals surface area contributed by atoms with Crippen LogP contribution in [0.25, 0.3) is 0 Å². The second kappa shape index (κ2) is 20.6. The van der Waals surface area contributed by atoms with Gasteiger partial charge in [-0.25, -0.2) is 0 Å². The fourth-order valence-corrected chi connectivity index (χ4v) is 5.42. The summed E-state index contributed by atoms with van der Waals surface area (Å²) in [7, 11) is -3.54. The standard InChI is InChI=1S/C26H46O3S.Na.H/c1-3-5-7-9-11-12-14-17-21-25(20-16-13-10-8-6-4-2)24-30(27,28)29-26-22-18-15-19-23-26;;/h15,18-19,22-23,25H,3-14,16-17,20-21,24H2,1-2H3;;/q;+1;-1. The molecule has 176 valence electrons. The zero-order valence-electron chi connectivity index (χ0n) is 21.6. The van der Waals surface area contributed by atoms with Crippen molar-refractivity contribution >= 4 is 10.1 Å². The van der Waals surface area contributed by atoms with Crippen LogP contribution in [-0.2, 0) is 10.1 Å². The largest absolute Gasteiger partial charge is 1.00 e. The molecule has 1 atom stereocenters. The number of benzene rings is 1. The normalized spacial score (nSPS) is 12.3. The van der Waals surface area contributed by atoms with E-state index < -0.39 is 10.1 Å². The Kier molecular flexibility index (Phi) is 20.5. The number of rotatable bonds is 20. The molecule has 5 heteroatoms. The molecular formula is C26H47NaO3S. The Morgan fingerprint density at radius 3 is 1.58 bits per heavy atom. The summed E-state index contributed by atoms with van der Waals surface area (Å²) < 4.78 is 30.5. The Balaban J connectivity index is 0. The maximum atomic E-state index is 12.6. The molecule has 0 amide bonds. The Bertz CT molecular complexity index is 611. The van der Waals surface area contributed by atoms with Crippen LogP contribution in [0.1, 0.15) is 118 Å². The summed E-state index contributed by atoms with van der Waals surface area (Å²) in [6, 6.07) is 8.89. The van der Waals surface area contributed by atoms with Crippen molar-refractivity contribution in [2.24, 2.45) is 5.92 Å². The molecule has 1 unspecified atom stereocenters. The molecule has 0 spiro atoms. The molecule has 1 rings (SSSR count). The minimum Gasteiger partial charge on any atom is -1.00 e. The van der Waals surface area contributed by atoms with Gasteiger partial charge in [-0.2, -0.15) is 8.42 Å². The summed E-state index contributed by atoms with van der Waals surface area (Å²) in [4.78, 5) is 0. The first-order valence-corrected chi connectivity index (χ1v) is 14.1. The Hall–Kier alpha value is -0.0300. The fourth-order valence-electron chi connectivity index (χ4n) is 4.04. The topological polar surface area (TPSA) is 43.4 Å². The third kappa shape index (κ3) is 18.1. The molecule has 0 aliphatic rings. The monoisotopic (exact) mass is 462 g/mol. The van der Waals surface area contributed by atoms with Crippen molar-refractivity contribution in [2.45, 2.75) is 117 Å². The average Bonchev–Trinajstić information content (AvgIpc) is 2.72. The van der Waals surface area contributed by atoms with Gasteiger partial charge in [0.15, 0.2) is 0 Å². The van der Waals surface area contributed by atoms with Gasteiger partial charge in [-0.05, 0) is 30.9 Å². The first kappa shape index (κ1) is 31.0. The van der Waals surface area contributed by atoms with Crippen molar-refractivity contribution in [3.8, 4) is 5.75 Å². The van der Waals surface area contributed by atoms with Crippen LogP contribution < -0.4 is 33.7 Å². The van der Waals surface area contributed by atoms with Crippen LogP contribution >= 0.6 is 0 Å². The molecule has 31 heavy (non-hydrogen) atoms. The van der Waals surface area contributed by atoms with Gasteiger partial charge in [0.1, 0.15) is 5.75 Å². The molecule has 0 bridgehead atoms. The van der Waals surface area contributed by atoms with Gasteiger partial charge in [0.25, 0.3) is 0 Å². The molecule has 1 aromatic rings. The molecular weight excluding hydrogens is 415 g/mol. The van der Waals surface area contributed by atoms with Crippen molar-refractivity contribution in [2.75, 3.05) is 5.75 Å². The van der Waals surface area contributed by atoms with Gasteiger partial charge in [-0.15, -0.1) is 0 Å². The van der Waals surface area contributed by atoms with Gasteiger partial charge in [0, 0.05) is 0 Å². The van der Waals surface area contributed by atoms with Crippen LogP contribution in [0.15, 0.2) is 30.3 Å². The van der Waals surface area contributed by atoms with Gasteiger partial charge in [0.2, 0.25) is 0 Å². The quantitative estimate of drug-likeness (QED) is 0.148. The molecule has 0 saturated heterocycles. The first-order chi connectivity index (χ1) is 14.6. The predicted octanol–water partition coefficient (Wildman–Crippen LogP) is 5.41. The molecule has 0 radical (unpaired) electrons. The van der Waals surface area contributed by atoms with E-state index in [-0.39, 0.29) is 42.7 Å². The maximum absolute atomic E-state index is 12.6. The zero-order valence-corrected chi connectivity index (χ0v) is 23.4. The van der Waals surface area contributed by atoms with Crippen molar-refractivity contribution in [3.63, 3.8) is 0 Å². The van der Waals surface area contributed by atoms with Crippen LogP contribution in [0.4, 0.5) is 0 Å².